The molecule has 4 fully saturated rings. The molecule has 6 unspecified atom stereocenters. The van der Waals surface area contributed by atoms with Gasteiger partial charge < -0.3 is 4.74 Å². The fourth-order valence-electron chi connectivity index (χ4n) is 6.43. The lowest BCUT2D eigenvalue weighted by Crippen LogP contribution is -2.53. The maximum absolute atomic E-state index is 6.38. The molecular formula is C23H42N2OS. The fourth-order valence-corrected chi connectivity index (χ4v) is 6.79. The molecule has 27 heavy (non-hydrogen) atoms. The summed E-state index contributed by atoms with van der Waals surface area (Å²) in [7, 11) is 0. The average Bonchev–Trinajstić information content (AvgIpc) is 3.17. The van der Waals surface area contributed by atoms with Gasteiger partial charge in [-0.05, 0) is 62.3 Å². The van der Waals surface area contributed by atoms with Gasteiger partial charge in [0.1, 0.15) is 0 Å². The number of thiol groups is 1. The summed E-state index contributed by atoms with van der Waals surface area (Å²) in [5, 5.41) is 0. The Hall–Kier alpha value is 0.230. The van der Waals surface area contributed by atoms with Gasteiger partial charge in [-0.1, -0.05) is 33.6 Å². The molecule has 156 valence electrons. The van der Waals surface area contributed by atoms with Crippen molar-refractivity contribution in [1.29, 1.82) is 0 Å². The van der Waals surface area contributed by atoms with Gasteiger partial charge in [-0.3, -0.25) is 9.80 Å². The third-order valence-corrected chi connectivity index (χ3v) is 8.82. The second kappa shape index (κ2) is 7.81. The molecule has 3 aliphatic heterocycles. The molecule has 6 atom stereocenters. The number of hydrogen-bond acceptors (Lipinski definition) is 4. The lowest BCUT2D eigenvalue weighted by atomic mass is 9.79. The molecule has 4 rings (SSSR count). The van der Waals surface area contributed by atoms with Crippen LogP contribution in [0.3, 0.4) is 0 Å². The van der Waals surface area contributed by atoms with Crippen molar-refractivity contribution in [3.05, 3.63) is 0 Å². The molecule has 1 aliphatic carbocycles. The van der Waals surface area contributed by atoms with Crippen LogP contribution in [0.15, 0.2) is 0 Å². The molecule has 3 nitrogen and oxygen atoms in total. The lowest BCUT2D eigenvalue weighted by molar-refractivity contribution is -0.0713. The van der Waals surface area contributed by atoms with E-state index >= 15 is 0 Å². The van der Waals surface area contributed by atoms with E-state index in [9.17, 15) is 0 Å². The molecule has 0 amide bonds. The average molecular weight is 395 g/mol. The van der Waals surface area contributed by atoms with Crippen LogP contribution in [0.25, 0.3) is 0 Å². The number of ether oxygens (including phenoxy) is 1. The first-order valence-electron chi connectivity index (χ1n) is 11.6. The SMILES string of the molecule is CC(C)(C)C1CC2C(CC(C)(S)N3CCCC4CCCC4C3)OCCN2C1. The quantitative estimate of drug-likeness (QED) is 0.701. The molecule has 4 aliphatic rings. The summed E-state index contributed by atoms with van der Waals surface area (Å²) in [5.41, 5.74) is 0.397. The Balaban J connectivity index is 1.42. The molecule has 1 saturated carbocycles. The molecule has 4 heteroatoms. The van der Waals surface area contributed by atoms with Crippen LogP contribution in [0, 0.1) is 23.2 Å². The summed E-state index contributed by atoms with van der Waals surface area (Å²) < 4.78 is 6.38. The zero-order chi connectivity index (χ0) is 19.2. The first-order chi connectivity index (χ1) is 12.7. The zero-order valence-electron chi connectivity index (χ0n) is 18.1. The van der Waals surface area contributed by atoms with E-state index in [4.69, 9.17) is 17.4 Å². The van der Waals surface area contributed by atoms with E-state index in [0.29, 0.717) is 17.6 Å². The Labute approximate surface area is 173 Å². The summed E-state index contributed by atoms with van der Waals surface area (Å²) in [6, 6.07) is 0.598. The van der Waals surface area contributed by atoms with Crippen molar-refractivity contribution in [3.8, 4) is 0 Å². The van der Waals surface area contributed by atoms with Crippen LogP contribution < -0.4 is 0 Å². The normalized spacial score (nSPS) is 41.0. The minimum absolute atomic E-state index is 0.0506. The molecule has 3 saturated heterocycles. The lowest BCUT2D eigenvalue weighted by Gasteiger charge is -2.44. The minimum Gasteiger partial charge on any atom is -0.375 e. The summed E-state index contributed by atoms with van der Waals surface area (Å²) in [6.45, 7) is 15.3. The molecule has 0 bridgehead atoms. The van der Waals surface area contributed by atoms with Crippen LogP contribution in [0.2, 0.25) is 0 Å². The van der Waals surface area contributed by atoms with Gasteiger partial charge in [-0.15, -0.1) is 0 Å². The van der Waals surface area contributed by atoms with Crippen molar-refractivity contribution in [1.82, 2.24) is 9.80 Å². The van der Waals surface area contributed by atoms with Crippen molar-refractivity contribution in [2.45, 2.75) is 89.7 Å². The van der Waals surface area contributed by atoms with Gasteiger partial charge in [0, 0.05) is 32.1 Å². The maximum Gasteiger partial charge on any atom is 0.0756 e. The Morgan fingerprint density at radius 3 is 2.48 bits per heavy atom. The molecule has 0 N–H and O–H groups in total. The highest BCUT2D eigenvalue weighted by Gasteiger charge is 2.46. The van der Waals surface area contributed by atoms with Crippen molar-refractivity contribution in [2.75, 3.05) is 32.8 Å². The predicted octanol–water partition coefficient (Wildman–Crippen LogP) is 4.67. The third-order valence-electron chi connectivity index (χ3n) is 8.36. The summed E-state index contributed by atoms with van der Waals surface area (Å²) >= 11 is 5.25. The first-order valence-corrected chi connectivity index (χ1v) is 12.0. The monoisotopic (exact) mass is 394 g/mol. The Morgan fingerprint density at radius 1 is 0.963 bits per heavy atom. The van der Waals surface area contributed by atoms with Crippen molar-refractivity contribution < 1.29 is 4.74 Å². The number of likely N-dealkylation sites (tertiary alicyclic amines) is 1. The second-order valence-corrected chi connectivity index (χ2v) is 12.2. The van der Waals surface area contributed by atoms with E-state index in [2.05, 4.69) is 37.5 Å². The topological polar surface area (TPSA) is 15.7 Å². The van der Waals surface area contributed by atoms with Gasteiger partial charge in [-0.25, -0.2) is 0 Å². The second-order valence-electron chi connectivity index (χ2n) is 11.2. The summed E-state index contributed by atoms with van der Waals surface area (Å²) in [6.07, 6.45) is 9.85. The number of nitrogens with zero attached hydrogens (tertiary/aromatic N) is 2. The van der Waals surface area contributed by atoms with Crippen molar-refractivity contribution in [2.24, 2.45) is 23.2 Å². The Morgan fingerprint density at radius 2 is 1.70 bits per heavy atom. The molecule has 3 heterocycles. The molecular weight excluding hydrogens is 352 g/mol. The summed E-state index contributed by atoms with van der Waals surface area (Å²) in [4.78, 5) is 5.39. The Bertz CT molecular complexity index is 517. The van der Waals surface area contributed by atoms with Crippen LogP contribution >= 0.6 is 12.6 Å². The maximum atomic E-state index is 6.38. The van der Waals surface area contributed by atoms with Gasteiger partial charge in [0.25, 0.3) is 0 Å². The molecule has 0 radical (unpaired) electrons. The first kappa shape index (κ1) is 20.5. The van der Waals surface area contributed by atoms with E-state index in [1.807, 2.05) is 0 Å². The minimum atomic E-state index is -0.0506. The highest BCUT2D eigenvalue weighted by Crippen LogP contribution is 2.43. The van der Waals surface area contributed by atoms with Gasteiger partial charge in [0.05, 0.1) is 17.6 Å². The van der Waals surface area contributed by atoms with E-state index < -0.39 is 0 Å². The number of rotatable bonds is 3. The smallest absolute Gasteiger partial charge is 0.0756 e. The van der Waals surface area contributed by atoms with Crippen molar-refractivity contribution in [3.63, 3.8) is 0 Å². The van der Waals surface area contributed by atoms with Crippen LogP contribution in [0.4, 0.5) is 0 Å². The molecule has 0 spiro atoms. The largest absolute Gasteiger partial charge is 0.375 e. The van der Waals surface area contributed by atoms with E-state index in [1.165, 1.54) is 58.2 Å². The van der Waals surface area contributed by atoms with Crippen LogP contribution in [0.1, 0.15) is 72.6 Å². The van der Waals surface area contributed by atoms with E-state index in [0.717, 1.165) is 37.3 Å². The van der Waals surface area contributed by atoms with Crippen LogP contribution in [-0.2, 0) is 4.74 Å². The molecule has 0 aromatic heterocycles. The van der Waals surface area contributed by atoms with Crippen molar-refractivity contribution >= 4 is 12.6 Å². The van der Waals surface area contributed by atoms with Crippen LogP contribution in [0.5, 0.6) is 0 Å². The number of fused-ring (bicyclic) bond motifs is 2. The highest BCUT2D eigenvalue weighted by molar-refractivity contribution is 7.81. The summed E-state index contributed by atoms with van der Waals surface area (Å²) in [5.74, 6) is 2.69. The third kappa shape index (κ3) is 4.39. The van der Waals surface area contributed by atoms with Gasteiger partial charge >= 0.3 is 0 Å². The van der Waals surface area contributed by atoms with Gasteiger partial charge in [0.15, 0.2) is 0 Å². The zero-order valence-corrected chi connectivity index (χ0v) is 19.0. The van der Waals surface area contributed by atoms with E-state index in [-0.39, 0.29) is 4.87 Å². The highest BCUT2D eigenvalue weighted by atomic mass is 32.1. The molecule has 0 aromatic rings. The molecule has 0 aromatic carbocycles. The fraction of sp³-hybridized carbons (Fsp3) is 1.00. The predicted molar refractivity (Wildman–Crippen MR) is 116 cm³/mol. The van der Waals surface area contributed by atoms with E-state index in [1.54, 1.807) is 0 Å². The standard InChI is InChI=1S/C23H42N2OS/c1-22(2,3)19-13-20-21(26-12-11-24(20)16-19)14-23(4,27)25-10-6-9-17-7-5-8-18(17)15-25/h17-21,27H,5-16H2,1-4H3. The number of hydrogen-bond donors (Lipinski definition) is 1. The van der Waals surface area contributed by atoms with Crippen LogP contribution in [-0.4, -0.2) is 59.6 Å². The Kier molecular flexibility index (Phi) is 5.93. The van der Waals surface area contributed by atoms with Gasteiger partial charge in [-0.2, -0.15) is 12.6 Å². The number of morpholine rings is 1. The van der Waals surface area contributed by atoms with Gasteiger partial charge in [0.2, 0.25) is 0 Å².